The van der Waals surface area contributed by atoms with Gasteiger partial charge in [-0.3, -0.25) is 0 Å². The fourth-order valence-electron chi connectivity index (χ4n) is 0.963. The number of ether oxygens (including phenoxy) is 1. The van der Waals surface area contributed by atoms with Crippen molar-refractivity contribution in [3.8, 4) is 5.75 Å². The lowest BCUT2D eigenvalue weighted by atomic mass is 10.2. The molecule has 0 saturated heterocycles. The number of para-hydroxylation sites is 1. The Labute approximate surface area is 78.7 Å². The lowest BCUT2D eigenvalue weighted by molar-refractivity contribution is 0.298. The number of benzene rings is 1. The summed E-state index contributed by atoms with van der Waals surface area (Å²) in [7, 11) is 0. The van der Waals surface area contributed by atoms with Gasteiger partial charge in [-0.25, -0.2) is 0 Å². The third-order valence-corrected chi connectivity index (χ3v) is 1.80. The van der Waals surface area contributed by atoms with Gasteiger partial charge in [0.05, 0.1) is 6.61 Å². The van der Waals surface area contributed by atoms with Gasteiger partial charge in [0.1, 0.15) is 5.75 Å². The van der Waals surface area contributed by atoms with Crippen LogP contribution in [0.3, 0.4) is 0 Å². The predicted molar refractivity (Wildman–Crippen MR) is 53.6 cm³/mol. The lowest BCUT2D eigenvalue weighted by Gasteiger charge is -2.09. The van der Waals surface area contributed by atoms with E-state index in [2.05, 4.69) is 0 Å². The van der Waals surface area contributed by atoms with E-state index in [0.29, 0.717) is 13.2 Å². The van der Waals surface area contributed by atoms with E-state index < -0.39 is 0 Å². The number of hydrogen-bond acceptors (Lipinski definition) is 3. The van der Waals surface area contributed by atoms with Gasteiger partial charge in [-0.1, -0.05) is 18.2 Å². The third-order valence-electron chi connectivity index (χ3n) is 1.80. The van der Waals surface area contributed by atoms with Gasteiger partial charge in [-0.2, -0.15) is 0 Å². The van der Waals surface area contributed by atoms with Crippen LogP contribution in [0.25, 0.3) is 0 Å². The fourth-order valence-corrected chi connectivity index (χ4v) is 0.963. The van der Waals surface area contributed by atoms with Crippen LogP contribution in [0.4, 0.5) is 0 Å². The average molecular weight is 180 g/mol. The van der Waals surface area contributed by atoms with Crippen molar-refractivity contribution in [1.29, 1.82) is 0 Å². The minimum absolute atomic E-state index is 0.0451. The second-order valence-corrected chi connectivity index (χ2v) is 2.95. The van der Waals surface area contributed by atoms with Crippen molar-refractivity contribution in [1.82, 2.24) is 0 Å². The smallest absolute Gasteiger partial charge is 0.119 e. The van der Waals surface area contributed by atoms with Crippen molar-refractivity contribution < 1.29 is 4.74 Å². The molecule has 0 saturated carbocycles. The van der Waals surface area contributed by atoms with Crippen molar-refractivity contribution in [2.45, 2.75) is 12.5 Å². The second-order valence-electron chi connectivity index (χ2n) is 2.95. The van der Waals surface area contributed by atoms with Crippen molar-refractivity contribution >= 4 is 0 Å². The second kappa shape index (κ2) is 5.56. The van der Waals surface area contributed by atoms with Crippen LogP contribution in [0.2, 0.25) is 0 Å². The summed E-state index contributed by atoms with van der Waals surface area (Å²) in [4.78, 5) is 0. The summed E-state index contributed by atoms with van der Waals surface area (Å²) < 4.78 is 5.44. The van der Waals surface area contributed by atoms with Gasteiger partial charge < -0.3 is 16.2 Å². The first kappa shape index (κ1) is 10.0. The fraction of sp³-hybridized carbons (Fsp3) is 0.400. The molecule has 4 N–H and O–H groups in total. The first-order valence-electron chi connectivity index (χ1n) is 4.46. The van der Waals surface area contributed by atoms with Gasteiger partial charge in [0.2, 0.25) is 0 Å². The molecule has 0 aliphatic carbocycles. The van der Waals surface area contributed by atoms with Crippen molar-refractivity contribution in [3.63, 3.8) is 0 Å². The molecule has 0 heterocycles. The molecule has 1 aromatic rings. The molecule has 0 aliphatic heterocycles. The summed E-state index contributed by atoms with van der Waals surface area (Å²) in [6, 6.07) is 9.74. The standard InChI is InChI=1S/C10H16N2O/c11-8-9(12)6-7-13-10-4-2-1-3-5-10/h1-5,9H,6-8,11-12H2/t9-/m0/s1. The highest BCUT2D eigenvalue weighted by Gasteiger charge is 1.98. The van der Waals surface area contributed by atoms with Crippen LogP contribution in [0.1, 0.15) is 6.42 Å². The number of nitrogens with two attached hydrogens (primary N) is 2. The summed E-state index contributed by atoms with van der Waals surface area (Å²) in [5, 5.41) is 0. The van der Waals surface area contributed by atoms with Crippen LogP contribution in [-0.2, 0) is 0 Å². The molecule has 13 heavy (non-hydrogen) atoms. The minimum Gasteiger partial charge on any atom is -0.494 e. The van der Waals surface area contributed by atoms with E-state index in [1.807, 2.05) is 30.3 Å². The Kier molecular flexibility index (Phi) is 4.29. The normalized spacial score (nSPS) is 12.5. The molecule has 0 fully saturated rings. The first-order chi connectivity index (χ1) is 6.33. The summed E-state index contributed by atoms with van der Waals surface area (Å²) in [5.74, 6) is 0.881. The Hall–Kier alpha value is -1.06. The Balaban J connectivity index is 2.20. The summed E-state index contributed by atoms with van der Waals surface area (Å²) in [6.07, 6.45) is 0.797. The number of hydrogen-bond donors (Lipinski definition) is 2. The highest BCUT2D eigenvalue weighted by atomic mass is 16.5. The lowest BCUT2D eigenvalue weighted by Crippen LogP contribution is -2.31. The van der Waals surface area contributed by atoms with Crippen LogP contribution in [0.15, 0.2) is 30.3 Å². The van der Waals surface area contributed by atoms with Gasteiger partial charge >= 0.3 is 0 Å². The molecule has 0 aromatic heterocycles. The van der Waals surface area contributed by atoms with E-state index in [4.69, 9.17) is 16.2 Å². The third kappa shape index (κ3) is 3.92. The maximum absolute atomic E-state index is 5.63. The van der Waals surface area contributed by atoms with Crippen molar-refractivity contribution in [3.05, 3.63) is 30.3 Å². The average Bonchev–Trinajstić information content (AvgIpc) is 2.19. The van der Waals surface area contributed by atoms with Crippen molar-refractivity contribution in [2.24, 2.45) is 11.5 Å². The van der Waals surface area contributed by atoms with Gasteiger partial charge in [0, 0.05) is 12.6 Å². The monoisotopic (exact) mass is 180 g/mol. The molecule has 0 spiro atoms. The zero-order chi connectivity index (χ0) is 9.52. The molecule has 0 radical (unpaired) electrons. The molecule has 1 aromatic carbocycles. The maximum Gasteiger partial charge on any atom is 0.119 e. The van der Waals surface area contributed by atoms with Crippen LogP contribution >= 0.6 is 0 Å². The Morgan fingerprint density at radius 3 is 2.54 bits per heavy atom. The first-order valence-corrected chi connectivity index (χ1v) is 4.46. The topological polar surface area (TPSA) is 61.3 Å². The maximum atomic E-state index is 5.63. The van der Waals surface area contributed by atoms with Crippen LogP contribution in [-0.4, -0.2) is 19.2 Å². The molecule has 72 valence electrons. The molecule has 3 nitrogen and oxygen atoms in total. The van der Waals surface area contributed by atoms with E-state index in [0.717, 1.165) is 12.2 Å². The van der Waals surface area contributed by atoms with Crippen LogP contribution in [0.5, 0.6) is 5.75 Å². The predicted octanol–water partition coefficient (Wildman–Crippen LogP) is 0.741. The van der Waals surface area contributed by atoms with Gasteiger partial charge in [0.25, 0.3) is 0 Å². The highest BCUT2D eigenvalue weighted by molar-refractivity contribution is 5.20. The molecule has 0 amide bonds. The van der Waals surface area contributed by atoms with Crippen LogP contribution in [0, 0.1) is 0 Å². The highest BCUT2D eigenvalue weighted by Crippen LogP contribution is 2.08. The molecule has 1 rings (SSSR count). The molecular formula is C10H16N2O. The van der Waals surface area contributed by atoms with Crippen LogP contribution < -0.4 is 16.2 Å². The van der Waals surface area contributed by atoms with E-state index in [9.17, 15) is 0 Å². The quantitative estimate of drug-likeness (QED) is 0.702. The molecule has 1 atom stereocenters. The minimum atomic E-state index is 0.0451. The zero-order valence-electron chi connectivity index (χ0n) is 7.65. The van der Waals surface area contributed by atoms with E-state index >= 15 is 0 Å². The van der Waals surface area contributed by atoms with E-state index in [-0.39, 0.29) is 6.04 Å². The van der Waals surface area contributed by atoms with Gasteiger partial charge in [-0.15, -0.1) is 0 Å². The number of rotatable bonds is 5. The Morgan fingerprint density at radius 2 is 1.92 bits per heavy atom. The summed E-state index contributed by atoms with van der Waals surface area (Å²) in [6.45, 7) is 1.14. The Bertz CT molecular complexity index is 226. The van der Waals surface area contributed by atoms with Gasteiger partial charge in [0.15, 0.2) is 0 Å². The largest absolute Gasteiger partial charge is 0.494 e. The van der Waals surface area contributed by atoms with Gasteiger partial charge in [-0.05, 0) is 18.6 Å². The SMILES string of the molecule is NC[C@@H](N)CCOc1ccccc1. The van der Waals surface area contributed by atoms with E-state index in [1.165, 1.54) is 0 Å². The van der Waals surface area contributed by atoms with Crippen molar-refractivity contribution in [2.75, 3.05) is 13.2 Å². The van der Waals surface area contributed by atoms with E-state index in [1.54, 1.807) is 0 Å². The zero-order valence-corrected chi connectivity index (χ0v) is 7.65. The Morgan fingerprint density at radius 1 is 1.23 bits per heavy atom. The molecule has 0 aliphatic rings. The summed E-state index contributed by atoms with van der Waals surface area (Å²) in [5.41, 5.74) is 11.0. The molecule has 0 unspecified atom stereocenters. The molecular weight excluding hydrogens is 164 g/mol. The summed E-state index contributed by atoms with van der Waals surface area (Å²) >= 11 is 0. The molecule has 3 heteroatoms. The molecule has 0 bridgehead atoms.